The summed E-state index contributed by atoms with van der Waals surface area (Å²) in [6.07, 6.45) is 1.81. The summed E-state index contributed by atoms with van der Waals surface area (Å²) in [6.45, 7) is 11.2. The van der Waals surface area contributed by atoms with E-state index in [1.807, 2.05) is 20.8 Å². The molecule has 0 aliphatic rings. The van der Waals surface area contributed by atoms with Crippen molar-refractivity contribution in [2.24, 2.45) is 5.92 Å². The minimum Gasteiger partial charge on any atom is -0.298 e. The van der Waals surface area contributed by atoms with Gasteiger partial charge in [0, 0.05) is 12.0 Å². The average molecular weight is 257 g/mol. The van der Waals surface area contributed by atoms with Gasteiger partial charge in [-0.25, -0.2) is 0 Å². The first-order chi connectivity index (χ1) is 7.77. The number of halogens is 1. The van der Waals surface area contributed by atoms with Crippen molar-refractivity contribution in [3.8, 4) is 0 Å². The van der Waals surface area contributed by atoms with E-state index < -0.39 is 0 Å². The summed E-state index contributed by atoms with van der Waals surface area (Å²) in [7, 11) is 0. The molecular formula is C13H21ClN2O. The second-order valence-corrected chi connectivity index (χ2v) is 6.18. The lowest BCUT2D eigenvalue weighted by atomic mass is 9.90. The van der Waals surface area contributed by atoms with Gasteiger partial charge in [0.05, 0.1) is 11.3 Å². The molecule has 0 saturated carbocycles. The fourth-order valence-corrected chi connectivity index (χ4v) is 1.90. The van der Waals surface area contributed by atoms with Crippen molar-refractivity contribution in [3.05, 3.63) is 16.4 Å². The van der Waals surface area contributed by atoms with Crippen LogP contribution in [0, 0.1) is 5.92 Å². The lowest BCUT2D eigenvalue weighted by Crippen LogP contribution is -2.15. The molecule has 4 heteroatoms. The van der Waals surface area contributed by atoms with E-state index in [0.717, 1.165) is 24.9 Å². The van der Waals surface area contributed by atoms with Crippen LogP contribution < -0.4 is 0 Å². The van der Waals surface area contributed by atoms with Gasteiger partial charge in [0.2, 0.25) is 0 Å². The van der Waals surface area contributed by atoms with Crippen LogP contribution >= 0.6 is 11.6 Å². The molecule has 0 aromatic carbocycles. The molecule has 0 N–H and O–H groups in total. The van der Waals surface area contributed by atoms with Crippen LogP contribution in [0.25, 0.3) is 0 Å². The molecule has 3 nitrogen and oxygen atoms in total. The fourth-order valence-electron chi connectivity index (χ4n) is 1.64. The Morgan fingerprint density at radius 3 is 2.35 bits per heavy atom. The molecule has 0 unspecified atom stereocenters. The van der Waals surface area contributed by atoms with Crippen LogP contribution in [0.3, 0.4) is 0 Å². The van der Waals surface area contributed by atoms with Crippen LogP contribution in [0.15, 0.2) is 0 Å². The first kappa shape index (κ1) is 14.2. The first-order valence-corrected chi connectivity index (χ1v) is 6.37. The summed E-state index contributed by atoms with van der Waals surface area (Å²) in [5.41, 5.74) is 1.15. The highest BCUT2D eigenvalue weighted by Gasteiger charge is 2.25. The number of aryl methyl sites for hydroxylation is 1. The number of aromatic nitrogens is 2. The van der Waals surface area contributed by atoms with E-state index in [9.17, 15) is 4.79 Å². The summed E-state index contributed by atoms with van der Waals surface area (Å²) < 4.78 is 1.74. The summed E-state index contributed by atoms with van der Waals surface area (Å²) in [5, 5.41) is 4.94. The van der Waals surface area contributed by atoms with Gasteiger partial charge in [0.25, 0.3) is 0 Å². The van der Waals surface area contributed by atoms with Gasteiger partial charge < -0.3 is 0 Å². The molecule has 0 aliphatic heterocycles. The van der Waals surface area contributed by atoms with Crippen LogP contribution in [-0.4, -0.2) is 16.1 Å². The maximum atomic E-state index is 11.1. The second-order valence-electron chi connectivity index (χ2n) is 5.83. The van der Waals surface area contributed by atoms with Gasteiger partial charge in [-0.2, -0.15) is 5.10 Å². The molecule has 0 saturated heterocycles. The molecule has 17 heavy (non-hydrogen) atoms. The largest absolute Gasteiger partial charge is 0.298 e. The minimum atomic E-state index is -0.164. The van der Waals surface area contributed by atoms with Gasteiger partial charge in [0.15, 0.2) is 6.29 Å². The van der Waals surface area contributed by atoms with Crippen molar-refractivity contribution in [3.63, 3.8) is 0 Å². The predicted octanol–water partition coefficient (Wildman–Crippen LogP) is 3.69. The third-order valence-electron chi connectivity index (χ3n) is 2.67. The zero-order chi connectivity index (χ0) is 13.2. The molecule has 1 aromatic heterocycles. The van der Waals surface area contributed by atoms with E-state index in [4.69, 9.17) is 11.6 Å². The topological polar surface area (TPSA) is 34.9 Å². The third kappa shape index (κ3) is 3.32. The minimum absolute atomic E-state index is 0.164. The number of hydrogen-bond donors (Lipinski definition) is 0. The Morgan fingerprint density at radius 2 is 2.00 bits per heavy atom. The highest BCUT2D eigenvalue weighted by atomic mass is 35.5. The van der Waals surface area contributed by atoms with E-state index in [2.05, 4.69) is 18.9 Å². The summed E-state index contributed by atoms with van der Waals surface area (Å²) in [4.78, 5) is 11.1. The number of rotatable bonds is 4. The van der Waals surface area contributed by atoms with Crippen LogP contribution in [0.1, 0.15) is 57.1 Å². The molecule has 0 radical (unpaired) electrons. The molecule has 0 atom stereocenters. The van der Waals surface area contributed by atoms with Gasteiger partial charge >= 0.3 is 0 Å². The molecular weight excluding hydrogens is 236 g/mol. The Hall–Kier alpha value is -0.830. The predicted molar refractivity (Wildman–Crippen MR) is 70.8 cm³/mol. The fraction of sp³-hybridized carbons (Fsp3) is 0.692. The number of carbonyl (C=O) groups excluding carboxylic acids is 1. The summed E-state index contributed by atoms with van der Waals surface area (Å²) in [5.74, 6) is 0.591. The summed E-state index contributed by atoms with van der Waals surface area (Å²) in [6, 6.07) is 0. The maximum Gasteiger partial charge on any atom is 0.155 e. The first-order valence-electron chi connectivity index (χ1n) is 5.99. The monoisotopic (exact) mass is 256 g/mol. The van der Waals surface area contributed by atoms with Crippen molar-refractivity contribution < 1.29 is 4.79 Å². The Balaban J connectivity index is 3.09. The van der Waals surface area contributed by atoms with Crippen molar-refractivity contribution in [1.29, 1.82) is 0 Å². The van der Waals surface area contributed by atoms with Gasteiger partial charge in [0.1, 0.15) is 5.15 Å². The molecule has 1 aromatic rings. The Bertz CT molecular complexity index is 402. The highest BCUT2D eigenvalue weighted by Crippen LogP contribution is 2.29. The Labute approximate surface area is 108 Å². The standard InChI is InChI=1S/C13H21ClN2O/c1-9(2)6-7-16-12(14)10(8-17)11(15-16)13(3,4)5/h8-9H,6-7H2,1-5H3. The number of carbonyl (C=O) groups is 1. The van der Waals surface area contributed by atoms with Gasteiger partial charge in [-0.3, -0.25) is 9.48 Å². The van der Waals surface area contributed by atoms with Crippen molar-refractivity contribution in [1.82, 2.24) is 9.78 Å². The lowest BCUT2D eigenvalue weighted by molar-refractivity contribution is 0.112. The zero-order valence-corrected chi connectivity index (χ0v) is 12.0. The molecule has 0 amide bonds. The smallest absolute Gasteiger partial charge is 0.155 e. The number of aldehydes is 1. The normalized spacial score (nSPS) is 12.2. The van der Waals surface area contributed by atoms with E-state index in [1.54, 1.807) is 4.68 Å². The molecule has 1 heterocycles. The molecule has 0 aliphatic carbocycles. The summed E-state index contributed by atoms with van der Waals surface area (Å²) >= 11 is 6.19. The van der Waals surface area contributed by atoms with Gasteiger partial charge in [-0.15, -0.1) is 0 Å². The maximum absolute atomic E-state index is 11.1. The van der Waals surface area contributed by atoms with E-state index in [-0.39, 0.29) is 5.41 Å². The zero-order valence-electron chi connectivity index (χ0n) is 11.2. The van der Waals surface area contributed by atoms with Gasteiger partial charge in [-0.1, -0.05) is 46.2 Å². The highest BCUT2D eigenvalue weighted by molar-refractivity contribution is 6.32. The van der Waals surface area contributed by atoms with Crippen LogP contribution in [-0.2, 0) is 12.0 Å². The Morgan fingerprint density at radius 1 is 1.41 bits per heavy atom. The quantitative estimate of drug-likeness (QED) is 0.770. The molecule has 96 valence electrons. The Kier molecular flexibility index (Phi) is 4.36. The van der Waals surface area contributed by atoms with Crippen molar-refractivity contribution in [2.75, 3.05) is 0 Å². The molecule has 1 rings (SSSR count). The molecule has 0 bridgehead atoms. The van der Waals surface area contributed by atoms with E-state index in [0.29, 0.717) is 16.6 Å². The SMILES string of the molecule is CC(C)CCn1nc(C(C)(C)C)c(C=O)c1Cl. The molecule has 0 spiro atoms. The third-order valence-corrected chi connectivity index (χ3v) is 3.07. The van der Waals surface area contributed by atoms with E-state index in [1.165, 1.54) is 0 Å². The van der Waals surface area contributed by atoms with Crippen LogP contribution in [0.4, 0.5) is 0 Å². The molecule has 0 fully saturated rings. The number of hydrogen-bond acceptors (Lipinski definition) is 2. The van der Waals surface area contributed by atoms with Crippen LogP contribution in [0.2, 0.25) is 5.15 Å². The number of nitrogens with zero attached hydrogens (tertiary/aromatic N) is 2. The van der Waals surface area contributed by atoms with Crippen molar-refractivity contribution in [2.45, 2.75) is 53.0 Å². The van der Waals surface area contributed by atoms with Crippen LogP contribution in [0.5, 0.6) is 0 Å². The van der Waals surface area contributed by atoms with Crippen molar-refractivity contribution >= 4 is 17.9 Å². The average Bonchev–Trinajstić information content (AvgIpc) is 2.51. The van der Waals surface area contributed by atoms with Gasteiger partial charge in [-0.05, 0) is 12.3 Å². The second kappa shape index (κ2) is 5.21. The van der Waals surface area contributed by atoms with E-state index >= 15 is 0 Å². The lowest BCUT2D eigenvalue weighted by Gasteiger charge is -2.15.